The second-order valence-corrected chi connectivity index (χ2v) is 5.70. The fraction of sp³-hybridized carbons (Fsp3) is 0.278. The smallest absolute Gasteiger partial charge is 0.0876 e. The molecule has 0 radical (unpaired) electrons. The van der Waals surface area contributed by atoms with Crippen molar-refractivity contribution in [3.63, 3.8) is 0 Å². The molecule has 1 aromatic heterocycles. The second-order valence-electron chi connectivity index (χ2n) is 5.70. The summed E-state index contributed by atoms with van der Waals surface area (Å²) in [6.45, 7) is 0.932. The number of aromatic nitrogens is 1. The zero-order chi connectivity index (χ0) is 14.1. The van der Waals surface area contributed by atoms with Crippen LogP contribution in [-0.2, 0) is 0 Å². The van der Waals surface area contributed by atoms with Crippen LogP contribution in [0.5, 0.6) is 0 Å². The highest BCUT2D eigenvalue weighted by molar-refractivity contribution is 5.67. The Balaban J connectivity index is 1.77. The maximum atomic E-state index is 4.28. The van der Waals surface area contributed by atoms with E-state index in [-0.39, 0.29) is 0 Å². The summed E-state index contributed by atoms with van der Waals surface area (Å²) in [5.41, 5.74) is 5.38. The molecule has 0 spiro atoms. The monoisotopic (exact) mass is 277 g/mol. The fourth-order valence-electron chi connectivity index (χ4n) is 3.50. The van der Waals surface area contributed by atoms with Gasteiger partial charge in [0.25, 0.3) is 0 Å². The number of nitrogens with one attached hydrogen (secondary N) is 1. The lowest BCUT2D eigenvalue weighted by molar-refractivity contribution is 0.215. The molecule has 2 aliphatic heterocycles. The van der Waals surface area contributed by atoms with Crippen molar-refractivity contribution in [2.75, 3.05) is 6.67 Å². The summed E-state index contributed by atoms with van der Waals surface area (Å²) >= 11 is 0. The Morgan fingerprint density at radius 2 is 2.10 bits per heavy atom. The van der Waals surface area contributed by atoms with Crippen molar-refractivity contribution in [2.45, 2.75) is 25.3 Å². The van der Waals surface area contributed by atoms with Crippen LogP contribution in [0.3, 0.4) is 0 Å². The van der Waals surface area contributed by atoms with E-state index < -0.39 is 0 Å². The van der Waals surface area contributed by atoms with Crippen LogP contribution in [0, 0.1) is 0 Å². The van der Waals surface area contributed by atoms with Gasteiger partial charge >= 0.3 is 0 Å². The van der Waals surface area contributed by atoms with E-state index in [9.17, 15) is 0 Å². The number of benzene rings is 1. The molecule has 1 unspecified atom stereocenters. The van der Waals surface area contributed by atoms with Gasteiger partial charge in [-0.1, -0.05) is 30.3 Å². The minimum Gasteiger partial charge on any atom is -0.372 e. The minimum absolute atomic E-state index is 0.469. The van der Waals surface area contributed by atoms with Crippen LogP contribution in [0.1, 0.15) is 30.9 Å². The van der Waals surface area contributed by atoms with Crippen LogP contribution in [0.25, 0.3) is 11.1 Å². The Morgan fingerprint density at radius 3 is 3.00 bits per heavy atom. The predicted octanol–water partition coefficient (Wildman–Crippen LogP) is 3.68. The first-order valence-corrected chi connectivity index (χ1v) is 7.62. The molecule has 1 saturated heterocycles. The normalized spacial score (nSPS) is 20.7. The van der Waals surface area contributed by atoms with Gasteiger partial charge in [0.1, 0.15) is 0 Å². The van der Waals surface area contributed by atoms with E-state index in [4.69, 9.17) is 0 Å². The highest BCUT2D eigenvalue weighted by Crippen LogP contribution is 2.40. The molecule has 21 heavy (non-hydrogen) atoms. The molecule has 1 fully saturated rings. The summed E-state index contributed by atoms with van der Waals surface area (Å²) in [7, 11) is 0. The van der Waals surface area contributed by atoms with Gasteiger partial charge in [-0.3, -0.25) is 4.98 Å². The fourth-order valence-corrected chi connectivity index (χ4v) is 3.50. The van der Waals surface area contributed by atoms with E-state index >= 15 is 0 Å². The Bertz CT molecular complexity index is 663. The van der Waals surface area contributed by atoms with Gasteiger partial charge in [0.2, 0.25) is 0 Å². The van der Waals surface area contributed by atoms with Gasteiger partial charge in [-0.2, -0.15) is 0 Å². The number of pyridine rings is 1. The van der Waals surface area contributed by atoms with Crippen molar-refractivity contribution < 1.29 is 0 Å². The second kappa shape index (κ2) is 5.24. The molecule has 2 aliphatic rings. The number of hydrogen-bond donors (Lipinski definition) is 1. The average Bonchev–Trinajstić information content (AvgIpc) is 3.04. The molecule has 106 valence electrons. The molecular weight excluding hydrogens is 258 g/mol. The molecule has 0 aliphatic carbocycles. The quantitative estimate of drug-likeness (QED) is 0.907. The maximum Gasteiger partial charge on any atom is 0.0876 e. The lowest BCUT2D eigenvalue weighted by Crippen LogP contribution is -2.31. The average molecular weight is 277 g/mol. The number of hydrogen-bond acceptors (Lipinski definition) is 3. The molecule has 0 amide bonds. The third-order valence-corrected chi connectivity index (χ3v) is 4.48. The van der Waals surface area contributed by atoms with E-state index in [0.717, 1.165) is 6.67 Å². The molecule has 2 aromatic rings. The van der Waals surface area contributed by atoms with Gasteiger partial charge in [0, 0.05) is 29.9 Å². The summed E-state index contributed by atoms with van der Waals surface area (Å²) in [6, 6.07) is 13.4. The molecule has 4 rings (SSSR count). The molecule has 1 N–H and O–H groups in total. The molecule has 0 saturated carbocycles. The summed E-state index contributed by atoms with van der Waals surface area (Å²) < 4.78 is 0. The number of piperidine rings is 1. The maximum absolute atomic E-state index is 4.28. The molecular formula is C18H19N3. The third kappa shape index (κ3) is 2.19. The lowest BCUT2D eigenvalue weighted by Gasteiger charge is -2.36. The first kappa shape index (κ1) is 12.5. The largest absolute Gasteiger partial charge is 0.372 e. The van der Waals surface area contributed by atoms with Gasteiger partial charge in [-0.05, 0) is 36.5 Å². The van der Waals surface area contributed by atoms with Gasteiger partial charge < -0.3 is 10.2 Å². The van der Waals surface area contributed by atoms with E-state index in [1.807, 2.05) is 18.5 Å². The first-order chi connectivity index (χ1) is 10.4. The Kier molecular flexibility index (Phi) is 3.11. The molecule has 3 nitrogen and oxygen atoms in total. The molecule has 3 heterocycles. The highest BCUT2D eigenvalue weighted by atomic mass is 15.3. The lowest BCUT2D eigenvalue weighted by atomic mass is 9.89. The van der Waals surface area contributed by atoms with Gasteiger partial charge in [0.15, 0.2) is 0 Å². The van der Waals surface area contributed by atoms with E-state index in [1.54, 1.807) is 0 Å². The summed E-state index contributed by atoms with van der Waals surface area (Å²) in [6.07, 6.45) is 9.64. The topological polar surface area (TPSA) is 28.2 Å². The summed E-state index contributed by atoms with van der Waals surface area (Å²) in [4.78, 5) is 6.79. The van der Waals surface area contributed by atoms with Crippen LogP contribution in [0.15, 0.2) is 60.7 Å². The van der Waals surface area contributed by atoms with Crippen molar-refractivity contribution in [2.24, 2.45) is 0 Å². The molecule has 0 bridgehead atoms. The predicted molar refractivity (Wildman–Crippen MR) is 84.2 cm³/mol. The number of rotatable bonds is 2. The molecule has 1 aromatic carbocycles. The van der Waals surface area contributed by atoms with Gasteiger partial charge in [-0.25, -0.2) is 0 Å². The standard InChI is InChI=1S/C18H19N3/c1-2-8-17(16(7-1)14-5-4-10-19-11-14)18-9-3-6-15-12-20-13-21(15)18/h1-2,4-5,7-8,10-12,18,20H,3,6,9,13H2. The first-order valence-electron chi connectivity index (χ1n) is 7.62. The van der Waals surface area contributed by atoms with Crippen LogP contribution in [-0.4, -0.2) is 16.6 Å². The Labute approximate surface area is 125 Å². The van der Waals surface area contributed by atoms with Crippen molar-refractivity contribution in [3.05, 3.63) is 66.3 Å². The van der Waals surface area contributed by atoms with E-state index in [0.29, 0.717) is 6.04 Å². The number of fused-ring (bicyclic) bond motifs is 1. The Hall–Kier alpha value is -2.29. The minimum atomic E-state index is 0.469. The van der Waals surface area contributed by atoms with Crippen molar-refractivity contribution in [3.8, 4) is 11.1 Å². The van der Waals surface area contributed by atoms with Crippen LogP contribution < -0.4 is 5.32 Å². The zero-order valence-electron chi connectivity index (χ0n) is 12.0. The highest BCUT2D eigenvalue weighted by Gasteiger charge is 2.30. The molecule has 3 heteroatoms. The number of allylic oxidation sites excluding steroid dienone is 1. The van der Waals surface area contributed by atoms with Gasteiger partial charge in [0.05, 0.1) is 12.7 Å². The Morgan fingerprint density at radius 1 is 1.14 bits per heavy atom. The van der Waals surface area contributed by atoms with Crippen molar-refractivity contribution in [1.82, 2.24) is 15.2 Å². The summed E-state index contributed by atoms with van der Waals surface area (Å²) in [5.74, 6) is 0. The SMILES string of the molecule is C1=C2CCCC(c3ccccc3-c3cccnc3)N2CN1. The van der Waals surface area contributed by atoms with Crippen molar-refractivity contribution >= 4 is 0 Å². The zero-order valence-corrected chi connectivity index (χ0v) is 12.0. The number of nitrogens with zero attached hydrogens (tertiary/aromatic N) is 2. The molecule has 1 atom stereocenters. The third-order valence-electron chi connectivity index (χ3n) is 4.48. The summed E-state index contributed by atoms with van der Waals surface area (Å²) in [5, 5.41) is 3.37. The van der Waals surface area contributed by atoms with Crippen molar-refractivity contribution in [1.29, 1.82) is 0 Å². The van der Waals surface area contributed by atoms with Crippen LogP contribution in [0.2, 0.25) is 0 Å². The van der Waals surface area contributed by atoms with Crippen LogP contribution >= 0.6 is 0 Å². The van der Waals surface area contributed by atoms with E-state index in [1.165, 1.54) is 41.6 Å². The van der Waals surface area contributed by atoms with Gasteiger partial charge in [-0.15, -0.1) is 0 Å². The van der Waals surface area contributed by atoms with Crippen LogP contribution in [0.4, 0.5) is 0 Å². The van der Waals surface area contributed by atoms with E-state index in [2.05, 4.69) is 51.7 Å².